The largest absolute Gasteiger partial charge is 0.507 e. The lowest BCUT2D eigenvalue weighted by Crippen LogP contribution is -2.18. The number of ether oxygens (including phenoxy) is 1. The zero-order valence-corrected chi connectivity index (χ0v) is 13.8. The summed E-state index contributed by atoms with van der Waals surface area (Å²) >= 11 is 0. The Kier molecular flexibility index (Phi) is 4.58. The monoisotopic (exact) mass is 349 g/mol. The second-order valence-corrected chi connectivity index (χ2v) is 5.54. The van der Waals surface area contributed by atoms with Gasteiger partial charge < -0.3 is 19.9 Å². The van der Waals surface area contributed by atoms with Crippen molar-refractivity contribution in [1.82, 2.24) is 9.97 Å². The Bertz CT molecular complexity index is 1010. The molecule has 7 heteroatoms. The third kappa shape index (κ3) is 3.21. The molecule has 0 fully saturated rings. The first-order valence-electron chi connectivity index (χ1n) is 7.78. The Morgan fingerprint density at radius 2 is 1.92 bits per heavy atom. The number of hydrogen-bond acceptors (Lipinski definition) is 6. The molecule has 0 saturated heterocycles. The minimum absolute atomic E-state index is 0.0330. The van der Waals surface area contributed by atoms with E-state index in [1.807, 2.05) is 12.1 Å². The van der Waals surface area contributed by atoms with Crippen molar-refractivity contribution in [1.29, 1.82) is 5.26 Å². The van der Waals surface area contributed by atoms with Crippen LogP contribution in [0.15, 0.2) is 54.3 Å². The van der Waals surface area contributed by atoms with Crippen LogP contribution >= 0.6 is 0 Å². The van der Waals surface area contributed by atoms with Gasteiger partial charge in [-0.25, -0.2) is 9.78 Å². The molecular weight excluding hydrogens is 334 g/mol. The van der Waals surface area contributed by atoms with Crippen LogP contribution < -0.4 is 0 Å². The number of H-pyrrole nitrogens is 1. The molecule has 26 heavy (non-hydrogen) atoms. The summed E-state index contributed by atoms with van der Waals surface area (Å²) in [7, 11) is 0. The van der Waals surface area contributed by atoms with E-state index in [4.69, 9.17) is 4.74 Å². The lowest BCUT2D eigenvalue weighted by atomic mass is 10.1. The van der Waals surface area contributed by atoms with Crippen molar-refractivity contribution in [3.63, 3.8) is 0 Å². The van der Waals surface area contributed by atoms with Gasteiger partial charge in [-0.05, 0) is 31.2 Å². The summed E-state index contributed by atoms with van der Waals surface area (Å²) in [5.74, 6) is -1.30. The molecule has 0 spiro atoms. The Labute approximate surface area is 148 Å². The number of nitriles is 1. The number of fused-ring (bicyclic) bond motifs is 1. The van der Waals surface area contributed by atoms with E-state index in [0.717, 1.165) is 0 Å². The smallest absolute Gasteiger partial charge is 0.342 e. The van der Waals surface area contributed by atoms with Gasteiger partial charge in [0.2, 0.25) is 0 Å². The SMILES string of the molecule is C[C@@H](OC(=O)c1ccccc1O)C(O)=C(C#N)c1nc2ccccc2[nH]1. The van der Waals surface area contributed by atoms with Crippen molar-refractivity contribution in [2.45, 2.75) is 13.0 Å². The Morgan fingerprint density at radius 3 is 2.62 bits per heavy atom. The zero-order chi connectivity index (χ0) is 18.7. The number of carbonyl (C=O) groups is 1. The Hall–Kier alpha value is -3.79. The number of aromatic amines is 1. The normalized spacial score (nSPS) is 12.9. The van der Waals surface area contributed by atoms with E-state index >= 15 is 0 Å². The number of para-hydroxylation sites is 3. The number of aliphatic hydroxyl groups is 1. The van der Waals surface area contributed by atoms with Crippen molar-refractivity contribution >= 4 is 22.6 Å². The number of carbonyl (C=O) groups excluding carboxylic acids is 1. The molecule has 0 aliphatic heterocycles. The van der Waals surface area contributed by atoms with Crippen LogP contribution in [0, 0.1) is 11.3 Å². The topological polar surface area (TPSA) is 119 Å². The summed E-state index contributed by atoms with van der Waals surface area (Å²) in [5.41, 5.74) is 1.19. The molecule has 7 nitrogen and oxygen atoms in total. The minimum atomic E-state index is -1.11. The molecule has 1 atom stereocenters. The summed E-state index contributed by atoms with van der Waals surface area (Å²) in [6, 6.07) is 15.0. The number of hydrogen-bond donors (Lipinski definition) is 3. The Balaban J connectivity index is 1.89. The third-order valence-corrected chi connectivity index (χ3v) is 3.79. The zero-order valence-electron chi connectivity index (χ0n) is 13.8. The van der Waals surface area contributed by atoms with E-state index in [0.29, 0.717) is 11.0 Å². The number of esters is 1. The maximum atomic E-state index is 12.1. The van der Waals surface area contributed by atoms with Gasteiger partial charge in [0.15, 0.2) is 17.7 Å². The average molecular weight is 349 g/mol. The van der Waals surface area contributed by atoms with Gasteiger partial charge in [0.05, 0.1) is 11.0 Å². The first-order valence-corrected chi connectivity index (χ1v) is 7.78. The molecule has 0 unspecified atom stereocenters. The molecule has 0 saturated carbocycles. The van der Waals surface area contributed by atoms with Crippen molar-refractivity contribution in [2.75, 3.05) is 0 Å². The van der Waals surface area contributed by atoms with E-state index in [9.17, 15) is 20.3 Å². The molecule has 3 N–H and O–H groups in total. The fourth-order valence-electron chi connectivity index (χ4n) is 2.43. The lowest BCUT2D eigenvalue weighted by molar-refractivity contribution is 0.0331. The maximum Gasteiger partial charge on any atom is 0.342 e. The van der Waals surface area contributed by atoms with Gasteiger partial charge >= 0.3 is 5.97 Å². The molecule has 0 radical (unpaired) electrons. The number of aromatic hydroxyl groups is 1. The molecular formula is C19H15N3O4. The van der Waals surface area contributed by atoms with Gasteiger partial charge in [-0.2, -0.15) is 5.26 Å². The van der Waals surface area contributed by atoms with Gasteiger partial charge in [-0.15, -0.1) is 0 Å². The Morgan fingerprint density at radius 1 is 1.23 bits per heavy atom. The van der Waals surface area contributed by atoms with Crippen molar-refractivity contribution in [3.05, 3.63) is 65.7 Å². The summed E-state index contributed by atoms with van der Waals surface area (Å²) in [6.45, 7) is 1.42. The van der Waals surface area contributed by atoms with Crippen LogP contribution in [0.25, 0.3) is 16.6 Å². The lowest BCUT2D eigenvalue weighted by Gasteiger charge is -2.14. The highest BCUT2D eigenvalue weighted by Crippen LogP contribution is 2.23. The van der Waals surface area contributed by atoms with E-state index in [1.54, 1.807) is 30.3 Å². The summed E-state index contributed by atoms with van der Waals surface area (Å²) in [6.07, 6.45) is -1.11. The molecule has 0 aliphatic carbocycles. The maximum absolute atomic E-state index is 12.1. The number of nitrogens with one attached hydrogen (secondary N) is 1. The highest BCUT2D eigenvalue weighted by Gasteiger charge is 2.22. The molecule has 0 aliphatic rings. The van der Waals surface area contributed by atoms with E-state index in [-0.39, 0.29) is 22.7 Å². The average Bonchev–Trinajstić information content (AvgIpc) is 3.06. The third-order valence-electron chi connectivity index (χ3n) is 3.79. The molecule has 1 aromatic heterocycles. The second kappa shape index (κ2) is 6.99. The van der Waals surface area contributed by atoms with Crippen LogP contribution in [0.4, 0.5) is 0 Å². The fraction of sp³-hybridized carbons (Fsp3) is 0.105. The van der Waals surface area contributed by atoms with Gasteiger partial charge in [-0.1, -0.05) is 24.3 Å². The minimum Gasteiger partial charge on any atom is -0.507 e. The quantitative estimate of drug-likeness (QED) is 0.378. The second-order valence-electron chi connectivity index (χ2n) is 5.54. The number of phenols is 1. The first-order chi connectivity index (χ1) is 12.5. The van der Waals surface area contributed by atoms with Crippen LogP contribution in [0.2, 0.25) is 0 Å². The predicted octanol–water partition coefficient (Wildman–Crippen LogP) is 3.31. The molecule has 130 valence electrons. The van der Waals surface area contributed by atoms with Crippen LogP contribution in [-0.2, 0) is 4.74 Å². The molecule has 0 amide bonds. The number of allylic oxidation sites excluding steroid dienone is 1. The highest BCUT2D eigenvalue weighted by atomic mass is 16.6. The number of rotatable bonds is 4. The van der Waals surface area contributed by atoms with E-state index in [1.165, 1.54) is 19.1 Å². The van der Waals surface area contributed by atoms with Gasteiger partial charge in [0, 0.05) is 0 Å². The van der Waals surface area contributed by atoms with Crippen molar-refractivity contribution < 1.29 is 19.7 Å². The van der Waals surface area contributed by atoms with Crippen molar-refractivity contribution in [2.24, 2.45) is 0 Å². The first kappa shape index (κ1) is 17.0. The van der Waals surface area contributed by atoms with E-state index < -0.39 is 17.8 Å². The van der Waals surface area contributed by atoms with Crippen LogP contribution in [0.1, 0.15) is 23.1 Å². The fourth-order valence-corrected chi connectivity index (χ4v) is 2.43. The van der Waals surface area contributed by atoms with Crippen molar-refractivity contribution in [3.8, 4) is 11.8 Å². The number of benzene rings is 2. The highest BCUT2D eigenvalue weighted by molar-refractivity contribution is 5.92. The molecule has 0 bridgehead atoms. The van der Waals surface area contributed by atoms with Crippen LogP contribution in [0.5, 0.6) is 5.75 Å². The number of aliphatic hydroxyl groups excluding tert-OH is 1. The van der Waals surface area contributed by atoms with Gasteiger partial charge in [0.25, 0.3) is 0 Å². The number of phenolic OH excluding ortho intramolecular Hbond substituents is 1. The van der Waals surface area contributed by atoms with Crippen LogP contribution in [-0.4, -0.2) is 32.3 Å². The molecule has 3 rings (SSSR count). The van der Waals surface area contributed by atoms with E-state index in [2.05, 4.69) is 9.97 Å². The molecule has 1 heterocycles. The standard InChI is InChI=1S/C19H15N3O4/c1-11(26-19(25)12-6-2-5-9-16(12)23)17(24)13(10-20)18-21-14-7-3-4-8-15(14)22-18/h2-9,11,23-24H,1H3,(H,21,22)/t11-/m1/s1. The summed E-state index contributed by atoms with van der Waals surface area (Å²) in [5, 5.41) is 29.5. The summed E-state index contributed by atoms with van der Waals surface area (Å²) < 4.78 is 5.16. The molecule has 3 aromatic rings. The van der Waals surface area contributed by atoms with Gasteiger partial charge in [0.1, 0.15) is 23.0 Å². The van der Waals surface area contributed by atoms with Crippen LogP contribution in [0.3, 0.4) is 0 Å². The number of nitrogens with zero attached hydrogens (tertiary/aromatic N) is 2. The molecule has 2 aromatic carbocycles. The summed E-state index contributed by atoms with van der Waals surface area (Å²) in [4.78, 5) is 19.4. The predicted molar refractivity (Wildman–Crippen MR) is 94.2 cm³/mol. The number of aromatic nitrogens is 2. The number of imidazole rings is 1. The van der Waals surface area contributed by atoms with Gasteiger partial charge in [-0.3, -0.25) is 0 Å².